The lowest BCUT2D eigenvalue weighted by Gasteiger charge is -2.28. The minimum Gasteiger partial charge on any atom is -0.457 e. The third-order valence-electron chi connectivity index (χ3n) is 6.23. The highest BCUT2D eigenvalue weighted by Crippen LogP contribution is 2.33. The SMILES string of the molecule is C=C(C(=O)N1CCOCC1)C(O)c1cc(Nc2nc3cc(Oc4ccnc(C(=O)NC)c4)ccc3o2)ccc1Cl. The number of ether oxygens (including phenoxy) is 2. The molecule has 3 N–H and O–H groups in total. The Labute approximate surface area is 234 Å². The molecule has 2 aromatic carbocycles. The average Bonchev–Trinajstić information content (AvgIpc) is 3.38. The summed E-state index contributed by atoms with van der Waals surface area (Å²) < 4.78 is 17.0. The van der Waals surface area contributed by atoms with Gasteiger partial charge in [-0.05, 0) is 36.4 Å². The number of aliphatic hydroxyl groups is 1. The number of halogens is 1. The van der Waals surface area contributed by atoms with Crippen molar-refractivity contribution >= 4 is 46.2 Å². The number of oxazole rings is 1. The van der Waals surface area contributed by atoms with Gasteiger partial charge in [-0.25, -0.2) is 0 Å². The topological polar surface area (TPSA) is 139 Å². The van der Waals surface area contributed by atoms with Crippen LogP contribution in [0.3, 0.4) is 0 Å². The molecular formula is C28H26ClN5O6. The highest BCUT2D eigenvalue weighted by atomic mass is 35.5. The van der Waals surface area contributed by atoms with E-state index >= 15 is 0 Å². The van der Waals surface area contributed by atoms with Crippen LogP contribution in [0.15, 0.2) is 71.3 Å². The minimum atomic E-state index is -1.30. The van der Waals surface area contributed by atoms with Crippen molar-refractivity contribution < 1.29 is 28.6 Å². The molecule has 0 spiro atoms. The monoisotopic (exact) mass is 563 g/mol. The number of hydrogen-bond donors (Lipinski definition) is 3. The smallest absolute Gasteiger partial charge is 0.300 e. The molecule has 1 atom stereocenters. The summed E-state index contributed by atoms with van der Waals surface area (Å²) >= 11 is 6.36. The number of rotatable bonds is 8. The Bertz CT molecular complexity index is 1580. The molecule has 3 heterocycles. The van der Waals surface area contributed by atoms with Gasteiger partial charge < -0.3 is 34.5 Å². The lowest BCUT2D eigenvalue weighted by Crippen LogP contribution is -2.42. The molecule has 1 saturated heterocycles. The summed E-state index contributed by atoms with van der Waals surface area (Å²) in [6.45, 7) is 5.57. The number of benzene rings is 2. The zero-order valence-corrected chi connectivity index (χ0v) is 22.3. The zero-order chi connectivity index (χ0) is 28.2. The molecule has 0 saturated carbocycles. The number of amides is 2. The van der Waals surface area contributed by atoms with Crippen LogP contribution in [-0.2, 0) is 9.53 Å². The van der Waals surface area contributed by atoms with Crippen LogP contribution in [0.5, 0.6) is 11.5 Å². The molecule has 0 aliphatic carbocycles. The van der Waals surface area contributed by atoms with Gasteiger partial charge in [-0.15, -0.1) is 0 Å². The van der Waals surface area contributed by atoms with Gasteiger partial charge in [0.2, 0.25) is 0 Å². The third-order valence-corrected chi connectivity index (χ3v) is 6.57. The Hall–Kier alpha value is -4.45. The van der Waals surface area contributed by atoms with Gasteiger partial charge in [-0.2, -0.15) is 4.98 Å². The van der Waals surface area contributed by atoms with Gasteiger partial charge in [-0.1, -0.05) is 18.2 Å². The number of aliphatic hydroxyl groups excluding tert-OH is 1. The Morgan fingerprint density at radius 3 is 2.67 bits per heavy atom. The Balaban J connectivity index is 1.31. The number of fused-ring (bicyclic) bond motifs is 1. The van der Waals surface area contributed by atoms with Gasteiger partial charge >= 0.3 is 0 Å². The van der Waals surface area contributed by atoms with E-state index in [0.29, 0.717) is 60.2 Å². The lowest BCUT2D eigenvalue weighted by molar-refractivity contribution is -0.132. The minimum absolute atomic E-state index is 0.0204. The summed E-state index contributed by atoms with van der Waals surface area (Å²) in [5, 5.41) is 16.8. The van der Waals surface area contributed by atoms with Crippen molar-refractivity contribution in [3.63, 3.8) is 0 Å². The molecule has 1 aliphatic rings. The first-order valence-electron chi connectivity index (χ1n) is 12.4. The maximum Gasteiger partial charge on any atom is 0.300 e. The van der Waals surface area contributed by atoms with E-state index in [1.165, 1.54) is 19.3 Å². The predicted octanol–water partition coefficient (Wildman–Crippen LogP) is 4.22. The van der Waals surface area contributed by atoms with E-state index in [1.54, 1.807) is 47.4 Å². The van der Waals surface area contributed by atoms with Crippen molar-refractivity contribution in [3.8, 4) is 11.5 Å². The standard InChI is InChI=1S/C28H26ClN5O6/c1-16(27(37)34-9-11-38-12-10-34)25(35)20-13-17(3-5-21(20)29)32-28-33-22-14-18(4-6-24(22)40-28)39-19-7-8-31-23(15-19)26(36)30-2/h3-8,13-15,25,35H,1,9-12H2,2H3,(H,30,36)(H,32,33). The van der Waals surface area contributed by atoms with Crippen molar-refractivity contribution in [2.75, 3.05) is 38.7 Å². The summed E-state index contributed by atoms with van der Waals surface area (Å²) in [6, 6.07) is 13.4. The van der Waals surface area contributed by atoms with E-state index in [9.17, 15) is 14.7 Å². The number of morpholine rings is 1. The molecule has 2 amide bonds. The van der Waals surface area contributed by atoms with Crippen molar-refractivity contribution in [2.24, 2.45) is 0 Å². The Morgan fingerprint density at radius 2 is 1.90 bits per heavy atom. The predicted molar refractivity (Wildman–Crippen MR) is 148 cm³/mol. The first-order chi connectivity index (χ1) is 19.3. The zero-order valence-electron chi connectivity index (χ0n) is 21.5. The van der Waals surface area contributed by atoms with Gasteiger partial charge in [0.25, 0.3) is 17.8 Å². The van der Waals surface area contributed by atoms with Gasteiger partial charge in [0, 0.05) is 60.3 Å². The second-order valence-electron chi connectivity index (χ2n) is 8.90. The number of anilines is 2. The summed E-state index contributed by atoms with van der Waals surface area (Å²) in [4.78, 5) is 34.7. The van der Waals surface area contributed by atoms with Crippen molar-refractivity contribution in [3.05, 3.63) is 83.2 Å². The summed E-state index contributed by atoms with van der Waals surface area (Å²) in [7, 11) is 1.53. The largest absolute Gasteiger partial charge is 0.457 e. The van der Waals surface area contributed by atoms with Crippen LogP contribution in [0, 0.1) is 0 Å². The van der Waals surface area contributed by atoms with E-state index in [0.717, 1.165) is 0 Å². The Kier molecular flexibility index (Phi) is 7.96. The van der Waals surface area contributed by atoms with Crippen LogP contribution in [0.2, 0.25) is 5.02 Å². The number of nitrogens with one attached hydrogen (secondary N) is 2. The first-order valence-corrected chi connectivity index (χ1v) is 12.8. The summed E-state index contributed by atoms with van der Waals surface area (Å²) in [6.07, 6.45) is 0.187. The number of carbonyl (C=O) groups is 2. The second-order valence-corrected chi connectivity index (χ2v) is 9.31. The third kappa shape index (κ3) is 5.91. The molecule has 11 nitrogen and oxygen atoms in total. The molecule has 0 radical (unpaired) electrons. The second kappa shape index (κ2) is 11.7. The normalized spacial score (nSPS) is 14.0. The fourth-order valence-corrected chi connectivity index (χ4v) is 4.34. The highest BCUT2D eigenvalue weighted by molar-refractivity contribution is 6.31. The summed E-state index contributed by atoms with van der Waals surface area (Å²) in [5.74, 6) is 0.260. The molecule has 1 unspecified atom stereocenters. The van der Waals surface area contributed by atoms with E-state index in [4.69, 9.17) is 25.5 Å². The van der Waals surface area contributed by atoms with E-state index in [2.05, 4.69) is 27.2 Å². The van der Waals surface area contributed by atoms with Crippen LogP contribution in [-0.4, -0.2) is 65.1 Å². The molecule has 1 aliphatic heterocycles. The van der Waals surface area contributed by atoms with Gasteiger partial charge in [0.05, 0.1) is 13.2 Å². The van der Waals surface area contributed by atoms with Crippen molar-refractivity contribution in [2.45, 2.75) is 6.10 Å². The van der Waals surface area contributed by atoms with Crippen LogP contribution in [0.25, 0.3) is 11.1 Å². The number of aromatic nitrogens is 2. The van der Waals surface area contributed by atoms with Gasteiger partial charge in [-0.3, -0.25) is 14.6 Å². The molecular weight excluding hydrogens is 538 g/mol. The summed E-state index contributed by atoms with van der Waals surface area (Å²) in [5.41, 5.74) is 2.14. The first kappa shape index (κ1) is 27.1. The average molecular weight is 564 g/mol. The fraction of sp³-hybridized carbons (Fsp3) is 0.214. The van der Waals surface area contributed by atoms with Crippen LogP contribution < -0.4 is 15.4 Å². The molecule has 206 valence electrons. The van der Waals surface area contributed by atoms with E-state index < -0.39 is 6.10 Å². The fourth-order valence-electron chi connectivity index (χ4n) is 4.12. The molecule has 1 fully saturated rings. The number of nitrogens with zero attached hydrogens (tertiary/aromatic N) is 3. The molecule has 40 heavy (non-hydrogen) atoms. The maximum atomic E-state index is 12.8. The van der Waals surface area contributed by atoms with Crippen molar-refractivity contribution in [1.29, 1.82) is 0 Å². The number of carbonyl (C=O) groups excluding carboxylic acids is 2. The quantitative estimate of drug-likeness (QED) is 0.269. The molecule has 0 bridgehead atoms. The molecule has 12 heteroatoms. The highest BCUT2D eigenvalue weighted by Gasteiger charge is 2.26. The van der Waals surface area contributed by atoms with Crippen LogP contribution >= 0.6 is 11.6 Å². The number of hydrogen-bond acceptors (Lipinski definition) is 9. The van der Waals surface area contributed by atoms with Gasteiger partial charge in [0.1, 0.15) is 28.8 Å². The molecule has 2 aromatic heterocycles. The van der Waals surface area contributed by atoms with E-state index in [-0.39, 0.29) is 34.1 Å². The van der Waals surface area contributed by atoms with E-state index in [1.807, 2.05) is 0 Å². The maximum absolute atomic E-state index is 12.8. The lowest BCUT2D eigenvalue weighted by atomic mass is 10.0. The Morgan fingerprint density at radius 1 is 1.12 bits per heavy atom. The van der Waals surface area contributed by atoms with Crippen molar-refractivity contribution in [1.82, 2.24) is 20.2 Å². The van der Waals surface area contributed by atoms with Crippen LogP contribution in [0.1, 0.15) is 22.2 Å². The number of pyridine rings is 1. The molecule has 5 rings (SSSR count). The van der Waals surface area contributed by atoms with Crippen LogP contribution in [0.4, 0.5) is 11.7 Å². The van der Waals surface area contributed by atoms with Gasteiger partial charge in [0.15, 0.2) is 5.58 Å². The molecule has 4 aromatic rings.